The normalized spacial score (nSPS) is 19.3. The zero-order valence-electron chi connectivity index (χ0n) is 19.9. The molecular formula is C28H25ClN4O2S. The molecule has 182 valence electrons. The van der Waals surface area contributed by atoms with Crippen LogP contribution in [0.15, 0.2) is 82.9 Å². The lowest BCUT2D eigenvalue weighted by Gasteiger charge is -2.23. The SMILES string of the molecule is Cc1ccc(C2CC(c3ccccc3)=NN2C2=NC(=O)C(CC(=O)Nc3ccc(C)c(Cl)c3)S2)cc1. The highest BCUT2D eigenvalue weighted by molar-refractivity contribution is 8.15. The largest absolute Gasteiger partial charge is 0.326 e. The van der Waals surface area contributed by atoms with E-state index in [1.54, 1.807) is 12.1 Å². The van der Waals surface area contributed by atoms with Gasteiger partial charge in [0.05, 0.1) is 11.8 Å². The second kappa shape index (κ2) is 10.3. The third-order valence-electron chi connectivity index (χ3n) is 6.23. The number of carbonyl (C=O) groups is 2. The number of aliphatic imine (C=N–C) groups is 1. The Labute approximate surface area is 219 Å². The smallest absolute Gasteiger partial charge is 0.262 e. The van der Waals surface area contributed by atoms with Crippen LogP contribution in [0, 0.1) is 13.8 Å². The van der Waals surface area contributed by atoms with Gasteiger partial charge in [-0.25, -0.2) is 5.01 Å². The molecule has 0 bridgehead atoms. The monoisotopic (exact) mass is 516 g/mol. The molecule has 0 spiro atoms. The number of anilines is 1. The average molecular weight is 517 g/mol. The number of hydrogen-bond acceptors (Lipinski definition) is 5. The number of thioether (sulfide) groups is 1. The van der Waals surface area contributed by atoms with Crippen molar-refractivity contribution in [3.05, 3.63) is 100 Å². The third-order valence-corrected chi connectivity index (χ3v) is 7.78. The Morgan fingerprint density at radius 2 is 1.83 bits per heavy atom. The quantitative estimate of drug-likeness (QED) is 0.442. The summed E-state index contributed by atoms with van der Waals surface area (Å²) in [5.41, 5.74) is 5.79. The zero-order valence-corrected chi connectivity index (χ0v) is 21.5. The van der Waals surface area contributed by atoms with Crippen molar-refractivity contribution in [3.63, 3.8) is 0 Å². The van der Waals surface area contributed by atoms with Crippen LogP contribution < -0.4 is 5.32 Å². The first-order valence-electron chi connectivity index (χ1n) is 11.7. The Morgan fingerprint density at radius 1 is 1.08 bits per heavy atom. The molecule has 2 unspecified atom stereocenters. The van der Waals surface area contributed by atoms with E-state index in [2.05, 4.69) is 41.5 Å². The molecule has 2 amide bonds. The molecule has 5 rings (SSSR count). The molecule has 8 heteroatoms. The lowest BCUT2D eigenvalue weighted by Crippen LogP contribution is -2.25. The number of carbonyl (C=O) groups excluding carboxylic acids is 2. The molecule has 3 aromatic rings. The number of nitrogens with zero attached hydrogens (tertiary/aromatic N) is 3. The van der Waals surface area contributed by atoms with E-state index in [4.69, 9.17) is 16.7 Å². The summed E-state index contributed by atoms with van der Waals surface area (Å²) in [6.07, 6.45) is 0.709. The number of halogens is 1. The Bertz CT molecular complexity index is 1370. The molecule has 0 aromatic heterocycles. The molecule has 3 aromatic carbocycles. The number of benzene rings is 3. The summed E-state index contributed by atoms with van der Waals surface area (Å²) in [5.74, 6) is -0.583. The maximum atomic E-state index is 12.8. The molecule has 0 aliphatic carbocycles. The van der Waals surface area contributed by atoms with E-state index in [1.165, 1.54) is 17.3 Å². The van der Waals surface area contributed by atoms with Gasteiger partial charge in [0.15, 0.2) is 5.17 Å². The summed E-state index contributed by atoms with van der Waals surface area (Å²) in [4.78, 5) is 29.8. The molecule has 2 heterocycles. The minimum absolute atomic E-state index is 0.0142. The van der Waals surface area contributed by atoms with Gasteiger partial charge in [0.25, 0.3) is 5.91 Å². The van der Waals surface area contributed by atoms with Gasteiger partial charge in [-0.15, -0.1) is 0 Å². The van der Waals surface area contributed by atoms with E-state index < -0.39 is 5.25 Å². The number of rotatable bonds is 5. The van der Waals surface area contributed by atoms with Gasteiger partial charge in [-0.05, 0) is 42.7 Å². The van der Waals surface area contributed by atoms with Gasteiger partial charge in [-0.3, -0.25) is 9.59 Å². The predicted molar refractivity (Wildman–Crippen MR) is 147 cm³/mol. The first kappa shape index (κ1) is 24.3. The van der Waals surface area contributed by atoms with Crippen LogP contribution in [0.1, 0.15) is 41.1 Å². The molecule has 1 N–H and O–H groups in total. The number of amidine groups is 1. The van der Waals surface area contributed by atoms with E-state index in [0.29, 0.717) is 22.3 Å². The average Bonchev–Trinajstić information content (AvgIpc) is 3.46. The van der Waals surface area contributed by atoms with E-state index >= 15 is 0 Å². The molecule has 0 fully saturated rings. The standard InChI is InChI=1S/C28H25ClN4O2S/c1-17-8-11-20(12-9-17)24-15-23(19-6-4-3-5-7-19)32-33(24)28-31-27(35)25(36-28)16-26(34)30-21-13-10-18(2)22(29)14-21/h3-14,24-25H,15-16H2,1-2H3,(H,30,34). The van der Waals surface area contributed by atoms with Gasteiger partial charge in [-0.1, -0.05) is 89.6 Å². The minimum atomic E-state index is -0.601. The number of hydrazone groups is 1. The highest BCUT2D eigenvalue weighted by atomic mass is 35.5. The number of amides is 2. The highest BCUT2D eigenvalue weighted by Crippen LogP contribution is 2.38. The molecule has 6 nitrogen and oxygen atoms in total. The molecule has 0 radical (unpaired) electrons. The maximum Gasteiger partial charge on any atom is 0.262 e. The van der Waals surface area contributed by atoms with Gasteiger partial charge in [0.2, 0.25) is 5.91 Å². The fourth-order valence-corrected chi connectivity index (χ4v) is 5.44. The molecular weight excluding hydrogens is 492 g/mol. The van der Waals surface area contributed by atoms with Crippen LogP contribution in [0.5, 0.6) is 0 Å². The summed E-state index contributed by atoms with van der Waals surface area (Å²) in [7, 11) is 0. The van der Waals surface area contributed by atoms with Crippen molar-refractivity contribution in [2.45, 2.75) is 38.0 Å². The summed E-state index contributed by atoms with van der Waals surface area (Å²) >= 11 is 7.46. The molecule has 0 saturated heterocycles. The number of hydrogen-bond donors (Lipinski definition) is 1. The van der Waals surface area contributed by atoms with Gasteiger partial charge < -0.3 is 5.32 Å². The molecule has 0 saturated carbocycles. The van der Waals surface area contributed by atoms with Crippen molar-refractivity contribution in [1.29, 1.82) is 0 Å². The van der Waals surface area contributed by atoms with Crippen molar-refractivity contribution in [3.8, 4) is 0 Å². The number of nitrogens with one attached hydrogen (secondary N) is 1. The predicted octanol–water partition coefficient (Wildman–Crippen LogP) is 6.13. The fourth-order valence-electron chi connectivity index (χ4n) is 4.20. The zero-order chi connectivity index (χ0) is 25.2. The Hall–Kier alpha value is -3.42. The van der Waals surface area contributed by atoms with Gasteiger partial charge in [-0.2, -0.15) is 10.1 Å². The first-order chi connectivity index (χ1) is 17.4. The molecule has 2 aliphatic rings. The topological polar surface area (TPSA) is 74.1 Å². The summed E-state index contributed by atoms with van der Waals surface area (Å²) in [6.45, 7) is 3.95. The maximum absolute atomic E-state index is 12.8. The van der Waals surface area contributed by atoms with E-state index in [9.17, 15) is 9.59 Å². The second-order valence-electron chi connectivity index (χ2n) is 8.94. The summed E-state index contributed by atoms with van der Waals surface area (Å²) in [5, 5.41) is 10.1. The third kappa shape index (κ3) is 5.22. The summed E-state index contributed by atoms with van der Waals surface area (Å²) < 4.78 is 0. The molecule has 2 atom stereocenters. The Kier molecular flexibility index (Phi) is 6.94. The molecule has 36 heavy (non-hydrogen) atoms. The van der Waals surface area contributed by atoms with Crippen LogP contribution in [-0.4, -0.2) is 33.0 Å². The second-order valence-corrected chi connectivity index (χ2v) is 10.5. The minimum Gasteiger partial charge on any atom is -0.326 e. The fraction of sp³-hybridized carbons (Fsp3) is 0.214. The van der Waals surface area contributed by atoms with Gasteiger partial charge in [0.1, 0.15) is 5.25 Å². The van der Waals surface area contributed by atoms with E-state index in [-0.39, 0.29) is 24.3 Å². The lowest BCUT2D eigenvalue weighted by molar-refractivity contribution is -0.121. The van der Waals surface area contributed by atoms with E-state index in [0.717, 1.165) is 22.4 Å². The van der Waals surface area contributed by atoms with Crippen molar-refractivity contribution in [2.24, 2.45) is 10.1 Å². The number of aryl methyl sites for hydroxylation is 2. The Morgan fingerprint density at radius 3 is 2.56 bits per heavy atom. The van der Waals surface area contributed by atoms with Gasteiger partial charge in [0, 0.05) is 23.6 Å². The van der Waals surface area contributed by atoms with Crippen LogP contribution in [0.4, 0.5) is 5.69 Å². The lowest BCUT2D eigenvalue weighted by atomic mass is 9.98. The van der Waals surface area contributed by atoms with E-state index in [1.807, 2.05) is 48.3 Å². The highest BCUT2D eigenvalue weighted by Gasteiger charge is 2.39. The van der Waals surface area contributed by atoms with Gasteiger partial charge >= 0.3 is 0 Å². The van der Waals surface area contributed by atoms with Crippen LogP contribution in [0.3, 0.4) is 0 Å². The van der Waals surface area contributed by atoms with Crippen molar-refractivity contribution in [1.82, 2.24) is 5.01 Å². The van der Waals surface area contributed by atoms with Crippen LogP contribution in [0.25, 0.3) is 0 Å². The first-order valence-corrected chi connectivity index (χ1v) is 13.0. The summed E-state index contributed by atoms with van der Waals surface area (Å²) in [6, 6.07) is 23.6. The van der Waals surface area contributed by atoms with Crippen LogP contribution in [-0.2, 0) is 9.59 Å². The van der Waals surface area contributed by atoms with Crippen LogP contribution in [0.2, 0.25) is 5.02 Å². The Balaban J connectivity index is 1.33. The van der Waals surface area contributed by atoms with Crippen molar-refractivity contribution >= 4 is 51.7 Å². The van der Waals surface area contributed by atoms with Crippen molar-refractivity contribution < 1.29 is 9.59 Å². The molecule has 2 aliphatic heterocycles. The van der Waals surface area contributed by atoms with Crippen molar-refractivity contribution in [2.75, 3.05) is 5.32 Å². The van der Waals surface area contributed by atoms with Crippen LogP contribution >= 0.6 is 23.4 Å².